The lowest BCUT2D eigenvalue weighted by Gasteiger charge is -2.35. The molecular formula is C25H30Cl2N6O2. The molecule has 0 radical (unpaired) electrons. The molecule has 8 nitrogen and oxygen atoms in total. The second kappa shape index (κ2) is 9.39. The monoisotopic (exact) mass is 516 g/mol. The molecule has 1 N–H and O–H groups in total. The Balaban J connectivity index is 1.59. The fourth-order valence-electron chi connectivity index (χ4n) is 5.12. The van der Waals surface area contributed by atoms with Crippen LogP contribution in [0.1, 0.15) is 51.3 Å². The normalized spacial score (nSPS) is 18.8. The molecule has 3 aromatic rings. The molecule has 1 unspecified atom stereocenters. The number of aromatic nitrogens is 3. The van der Waals surface area contributed by atoms with Gasteiger partial charge in [-0.3, -0.25) is 4.79 Å². The molecule has 2 aromatic heterocycles. The average Bonchev–Trinajstić information content (AvgIpc) is 3.45. The van der Waals surface area contributed by atoms with Crippen LogP contribution in [0, 0.1) is 0 Å². The van der Waals surface area contributed by atoms with Crippen LogP contribution in [0.4, 0.5) is 11.8 Å². The molecule has 2 fully saturated rings. The molecule has 1 amide bonds. The minimum absolute atomic E-state index is 0.0732. The molecule has 2 aliphatic rings. The minimum atomic E-state index is 0.0732. The van der Waals surface area contributed by atoms with Crippen LogP contribution in [0.2, 0.25) is 10.0 Å². The number of nitrogens with zero attached hydrogens (tertiary/aromatic N) is 6. The highest BCUT2D eigenvalue weighted by Crippen LogP contribution is 2.42. The first-order valence-corrected chi connectivity index (χ1v) is 12.8. The number of hydrogen-bond acceptors (Lipinski definition) is 6. The molecule has 0 aliphatic carbocycles. The van der Waals surface area contributed by atoms with E-state index in [1.165, 1.54) is 0 Å². The van der Waals surface area contributed by atoms with Gasteiger partial charge in [-0.15, -0.1) is 0 Å². The van der Waals surface area contributed by atoms with E-state index in [-0.39, 0.29) is 23.9 Å². The maximum absolute atomic E-state index is 11.8. The summed E-state index contributed by atoms with van der Waals surface area (Å²) in [6.07, 6.45) is 3.93. The molecule has 1 aromatic carbocycles. The highest BCUT2D eigenvalue weighted by Gasteiger charge is 2.32. The van der Waals surface area contributed by atoms with Gasteiger partial charge in [-0.2, -0.15) is 4.98 Å². The number of fused-ring (bicyclic) bond motifs is 1. The predicted molar refractivity (Wildman–Crippen MR) is 140 cm³/mol. The third-order valence-corrected chi connectivity index (χ3v) is 7.79. The van der Waals surface area contributed by atoms with E-state index in [4.69, 9.17) is 33.2 Å². The summed E-state index contributed by atoms with van der Waals surface area (Å²) in [4.78, 5) is 27.9. The van der Waals surface area contributed by atoms with Crippen molar-refractivity contribution in [3.05, 3.63) is 40.0 Å². The lowest BCUT2D eigenvalue weighted by atomic mass is 10.0. The van der Waals surface area contributed by atoms with Gasteiger partial charge in [-0.1, -0.05) is 29.3 Å². The number of benzene rings is 1. The fraction of sp³-hybridized carbons (Fsp3) is 0.480. The molecule has 35 heavy (non-hydrogen) atoms. The summed E-state index contributed by atoms with van der Waals surface area (Å²) in [6.45, 7) is 9.03. The van der Waals surface area contributed by atoms with E-state index in [0.29, 0.717) is 47.7 Å². The van der Waals surface area contributed by atoms with Crippen molar-refractivity contribution < 1.29 is 9.90 Å². The molecule has 186 valence electrons. The number of piperazine rings is 1. The summed E-state index contributed by atoms with van der Waals surface area (Å²) >= 11 is 12.5. The van der Waals surface area contributed by atoms with E-state index in [0.717, 1.165) is 36.2 Å². The summed E-state index contributed by atoms with van der Waals surface area (Å²) in [5.41, 5.74) is 1.64. The summed E-state index contributed by atoms with van der Waals surface area (Å²) in [5, 5.41) is 13.0. The number of rotatable bonds is 4. The summed E-state index contributed by atoms with van der Waals surface area (Å²) in [6, 6.07) is 5.96. The van der Waals surface area contributed by atoms with Crippen LogP contribution in [0.5, 0.6) is 5.88 Å². The van der Waals surface area contributed by atoms with Crippen LogP contribution in [0.15, 0.2) is 24.4 Å². The number of carbonyl (C=O) groups excluding carboxylic acids is 1. The van der Waals surface area contributed by atoms with Gasteiger partial charge in [-0.25, -0.2) is 4.98 Å². The number of aromatic hydroxyl groups is 1. The average molecular weight is 517 g/mol. The smallest absolute Gasteiger partial charge is 0.228 e. The van der Waals surface area contributed by atoms with Gasteiger partial charge in [-0.05, 0) is 44.4 Å². The maximum atomic E-state index is 11.8. The zero-order chi connectivity index (χ0) is 24.9. The second-order valence-corrected chi connectivity index (χ2v) is 10.4. The highest BCUT2D eigenvalue weighted by molar-refractivity contribution is 6.42. The van der Waals surface area contributed by atoms with Crippen molar-refractivity contribution in [3.8, 4) is 5.88 Å². The first kappa shape index (κ1) is 24.0. The standard InChI is InChI=1S/C25H30Cl2N6O2/c1-15(2)33-14-18-22(24(33)35)28-25(31-11-9-30(10-12-31)16(3)34)29-23(18)32-8-4-5-21(32)17-6-7-19(26)20(27)13-17/h6-7,13-15,21,35H,4-5,8-12H2,1-3H3. The minimum Gasteiger partial charge on any atom is -0.493 e. The topological polar surface area (TPSA) is 77.7 Å². The first-order chi connectivity index (χ1) is 16.7. The van der Waals surface area contributed by atoms with Crippen LogP contribution in [-0.2, 0) is 4.79 Å². The van der Waals surface area contributed by atoms with Crippen LogP contribution < -0.4 is 9.80 Å². The zero-order valence-electron chi connectivity index (χ0n) is 20.2. The molecule has 5 rings (SSSR count). The third-order valence-electron chi connectivity index (χ3n) is 7.06. The van der Waals surface area contributed by atoms with Gasteiger partial charge in [0.2, 0.25) is 17.7 Å². The van der Waals surface area contributed by atoms with Gasteiger partial charge >= 0.3 is 0 Å². The van der Waals surface area contributed by atoms with Gasteiger partial charge in [0.25, 0.3) is 0 Å². The van der Waals surface area contributed by atoms with Crippen molar-refractivity contribution in [1.29, 1.82) is 0 Å². The van der Waals surface area contributed by atoms with Crippen molar-refractivity contribution in [2.24, 2.45) is 0 Å². The number of carbonyl (C=O) groups is 1. The van der Waals surface area contributed by atoms with E-state index in [9.17, 15) is 9.90 Å². The van der Waals surface area contributed by atoms with E-state index >= 15 is 0 Å². The molecule has 2 aliphatic heterocycles. The van der Waals surface area contributed by atoms with Crippen LogP contribution in [0.3, 0.4) is 0 Å². The Hall–Kier alpha value is -2.71. The number of amides is 1. The van der Waals surface area contributed by atoms with E-state index in [1.54, 1.807) is 6.92 Å². The first-order valence-electron chi connectivity index (χ1n) is 12.1. The predicted octanol–water partition coefficient (Wildman–Crippen LogP) is 5.03. The largest absolute Gasteiger partial charge is 0.493 e. The van der Waals surface area contributed by atoms with E-state index in [1.807, 2.05) is 47.7 Å². The second-order valence-electron chi connectivity index (χ2n) is 9.58. The molecule has 2 saturated heterocycles. The number of anilines is 2. The Morgan fingerprint density at radius 1 is 1.09 bits per heavy atom. The quantitative estimate of drug-likeness (QED) is 0.523. The number of hydrogen-bond donors (Lipinski definition) is 1. The molecule has 10 heteroatoms. The molecule has 4 heterocycles. The third kappa shape index (κ3) is 4.38. The van der Waals surface area contributed by atoms with E-state index < -0.39 is 0 Å². The van der Waals surface area contributed by atoms with Gasteiger partial charge in [0, 0.05) is 51.9 Å². The van der Waals surface area contributed by atoms with Crippen LogP contribution >= 0.6 is 23.2 Å². The van der Waals surface area contributed by atoms with Gasteiger partial charge < -0.3 is 24.4 Å². The summed E-state index contributed by atoms with van der Waals surface area (Å²) in [7, 11) is 0. The fourth-order valence-corrected chi connectivity index (χ4v) is 5.43. The number of halogens is 2. The van der Waals surface area contributed by atoms with Gasteiger partial charge in [0.15, 0.2) is 0 Å². The Morgan fingerprint density at radius 2 is 1.83 bits per heavy atom. The van der Waals surface area contributed by atoms with Gasteiger partial charge in [0.1, 0.15) is 11.3 Å². The molecule has 0 spiro atoms. The molecule has 0 saturated carbocycles. The Bertz CT molecular complexity index is 1270. The van der Waals surface area contributed by atoms with Crippen molar-refractivity contribution in [2.75, 3.05) is 42.5 Å². The lowest BCUT2D eigenvalue weighted by Crippen LogP contribution is -2.48. The van der Waals surface area contributed by atoms with Crippen LogP contribution in [-0.4, -0.2) is 63.2 Å². The molecule has 1 atom stereocenters. The maximum Gasteiger partial charge on any atom is 0.228 e. The summed E-state index contributed by atoms with van der Waals surface area (Å²) in [5.74, 6) is 1.61. The van der Waals surface area contributed by atoms with E-state index in [2.05, 4.69) is 9.80 Å². The Kier molecular flexibility index (Phi) is 6.44. The van der Waals surface area contributed by atoms with Crippen LogP contribution in [0.25, 0.3) is 10.9 Å². The zero-order valence-corrected chi connectivity index (χ0v) is 21.7. The van der Waals surface area contributed by atoms with Gasteiger partial charge in [0.05, 0.1) is 21.5 Å². The molecule has 0 bridgehead atoms. The van der Waals surface area contributed by atoms with Crippen molar-refractivity contribution in [2.45, 2.75) is 45.7 Å². The lowest BCUT2D eigenvalue weighted by molar-refractivity contribution is -0.129. The SMILES string of the molecule is CC(=O)N1CCN(c2nc(N3CCCC3c3ccc(Cl)c(Cl)c3)c3cn(C(C)C)c(O)c3n2)CC1. The molecular weight excluding hydrogens is 487 g/mol. The Labute approximate surface area is 215 Å². The van der Waals surface area contributed by atoms with Crippen molar-refractivity contribution in [1.82, 2.24) is 19.4 Å². The van der Waals surface area contributed by atoms with Crippen molar-refractivity contribution in [3.63, 3.8) is 0 Å². The highest BCUT2D eigenvalue weighted by atomic mass is 35.5. The summed E-state index contributed by atoms with van der Waals surface area (Å²) < 4.78 is 1.84. The Morgan fingerprint density at radius 3 is 2.49 bits per heavy atom. The van der Waals surface area contributed by atoms with Crippen molar-refractivity contribution >= 4 is 51.8 Å².